The highest BCUT2D eigenvalue weighted by Gasteiger charge is 2.27. The minimum Gasteiger partial charge on any atom is -0.340 e. The fraction of sp³-hybridized carbons (Fsp3) is 0. The van der Waals surface area contributed by atoms with Crippen LogP contribution in [-0.2, 0) is 9.84 Å². The van der Waals surface area contributed by atoms with Crippen LogP contribution in [0.5, 0.6) is 0 Å². The van der Waals surface area contributed by atoms with Crippen molar-refractivity contribution >= 4 is 44.1 Å². The van der Waals surface area contributed by atoms with Crippen LogP contribution in [0.15, 0.2) is 82.8 Å². The second-order valence-corrected chi connectivity index (χ2v) is 8.35. The molecule has 2 aromatic carbocycles. The van der Waals surface area contributed by atoms with Gasteiger partial charge in [-0.25, -0.2) is 8.42 Å². The number of pyridine rings is 1. The predicted octanol–water partition coefficient (Wildman–Crippen LogP) is 4.30. The van der Waals surface area contributed by atoms with Gasteiger partial charge < -0.3 is 10.3 Å². The molecule has 1 amide bonds. The number of anilines is 1. The maximum absolute atomic E-state index is 13.3. The molecule has 4 aromatic rings. The van der Waals surface area contributed by atoms with Gasteiger partial charge in [0.05, 0.1) is 10.5 Å². The zero-order valence-corrected chi connectivity index (χ0v) is 16.0. The molecule has 2 aromatic heterocycles. The van der Waals surface area contributed by atoms with Gasteiger partial charge in [-0.05, 0) is 42.5 Å². The van der Waals surface area contributed by atoms with E-state index in [1.807, 2.05) is 0 Å². The molecule has 28 heavy (non-hydrogen) atoms. The number of nitrogens with zero attached hydrogens (tertiary/aromatic N) is 1. The van der Waals surface area contributed by atoms with E-state index in [9.17, 15) is 13.2 Å². The van der Waals surface area contributed by atoms with Crippen LogP contribution in [0.25, 0.3) is 10.9 Å². The number of H-pyrrole nitrogens is 1. The SMILES string of the molecule is O=C(Nc1[nH]c2ccc(Cl)cc2c1S(=O)(=O)c1ccccc1)c1cccnc1. The van der Waals surface area contributed by atoms with Gasteiger partial charge >= 0.3 is 0 Å². The van der Waals surface area contributed by atoms with Crippen molar-refractivity contribution in [1.29, 1.82) is 0 Å². The molecule has 0 bridgehead atoms. The third-order valence-corrected chi connectivity index (χ3v) is 6.29. The number of hydrogen-bond acceptors (Lipinski definition) is 4. The summed E-state index contributed by atoms with van der Waals surface area (Å²) in [7, 11) is -3.92. The van der Waals surface area contributed by atoms with Crippen LogP contribution in [0.3, 0.4) is 0 Å². The number of carbonyl (C=O) groups excluding carboxylic acids is 1. The predicted molar refractivity (Wildman–Crippen MR) is 107 cm³/mol. The molecule has 0 saturated carbocycles. The van der Waals surface area contributed by atoms with Gasteiger partial charge in [0.25, 0.3) is 5.91 Å². The number of fused-ring (bicyclic) bond motifs is 1. The molecule has 0 fully saturated rings. The molecular formula is C20H14ClN3O3S. The summed E-state index contributed by atoms with van der Waals surface area (Å²) in [5, 5.41) is 3.45. The van der Waals surface area contributed by atoms with Gasteiger partial charge in [0.2, 0.25) is 9.84 Å². The van der Waals surface area contributed by atoms with Crippen molar-refractivity contribution < 1.29 is 13.2 Å². The summed E-state index contributed by atoms with van der Waals surface area (Å²) < 4.78 is 26.7. The van der Waals surface area contributed by atoms with E-state index in [-0.39, 0.29) is 15.6 Å². The standard InChI is InChI=1S/C20H14ClN3O3S/c21-14-8-9-17-16(11-14)18(28(26,27)15-6-2-1-3-7-15)19(23-17)24-20(25)13-5-4-10-22-12-13/h1-12,23H,(H,24,25). The van der Waals surface area contributed by atoms with Gasteiger partial charge in [-0.1, -0.05) is 29.8 Å². The Balaban J connectivity index is 1.90. The molecule has 0 radical (unpaired) electrons. The molecule has 0 aliphatic heterocycles. The van der Waals surface area contributed by atoms with Gasteiger partial charge in [0.1, 0.15) is 10.7 Å². The monoisotopic (exact) mass is 411 g/mol. The highest BCUT2D eigenvalue weighted by Crippen LogP contribution is 2.36. The molecule has 0 unspecified atom stereocenters. The molecule has 0 atom stereocenters. The van der Waals surface area contributed by atoms with E-state index in [1.54, 1.807) is 54.7 Å². The molecule has 0 aliphatic carbocycles. The fourth-order valence-electron chi connectivity index (χ4n) is 2.91. The normalized spacial score (nSPS) is 11.5. The average molecular weight is 412 g/mol. The summed E-state index contributed by atoms with van der Waals surface area (Å²) in [5.74, 6) is -0.398. The summed E-state index contributed by atoms with van der Waals surface area (Å²) in [5.41, 5.74) is 0.850. The summed E-state index contributed by atoms with van der Waals surface area (Å²) in [6, 6.07) is 16.1. The lowest BCUT2D eigenvalue weighted by atomic mass is 10.2. The van der Waals surface area contributed by atoms with Crippen LogP contribution in [0.2, 0.25) is 5.02 Å². The van der Waals surface area contributed by atoms with E-state index in [0.717, 1.165) is 0 Å². The summed E-state index contributed by atoms with van der Waals surface area (Å²) in [4.78, 5) is 19.6. The number of halogens is 1. The number of amides is 1. The Bertz CT molecular complexity index is 1270. The van der Waals surface area contributed by atoms with Gasteiger partial charge in [-0.3, -0.25) is 9.78 Å². The number of rotatable bonds is 4. The minimum atomic E-state index is -3.92. The van der Waals surface area contributed by atoms with Gasteiger partial charge in [-0.2, -0.15) is 0 Å². The number of benzene rings is 2. The van der Waals surface area contributed by atoms with E-state index >= 15 is 0 Å². The first kappa shape index (κ1) is 18.2. The number of carbonyl (C=O) groups is 1. The Kier molecular flexibility index (Phi) is 4.62. The number of aromatic nitrogens is 2. The maximum Gasteiger partial charge on any atom is 0.258 e. The molecule has 2 N–H and O–H groups in total. The highest BCUT2D eigenvalue weighted by molar-refractivity contribution is 7.92. The second kappa shape index (κ2) is 7.10. The molecule has 0 spiro atoms. The van der Waals surface area contributed by atoms with Gasteiger partial charge in [-0.15, -0.1) is 0 Å². The lowest BCUT2D eigenvalue weighted by Gasteiger charge is -2.08. The van der Waals surface area contributed by atoms with E-state index < -0.39 is 15.7 Å². The Labute approximate surface area is 166 Å². The number of hydrogen-bond donors (Lipinski definition) is 2. The molecule has 0 aliphatic rings. The van der Waals surface area contributed by atoms with E-state index in [0.29, 0.717) is 21.5 Å². The van der Waals surface area contributed by atoms with E-state index in [2.05, 4.69) is 15.3 Å². The van der Waals surface area contributed by atoms with Crippen LogP contribution < -0.4 is 5.32 Å². The lowest BCUT2D eigenvalue weighted by molar-refractivity contribution is 0.102. The Morgan fingerprint density at radius 1 is 1.04 bits per heavy atom. The largest absolute Gasteiger partial charge is 0.340 e. The first-order valence-electron chi connectivity index (χ1n) is 8.29. The van der Waals surface area contributed by atoms with Crippen molar-refractivity contribution in [3.63, 3.8) is 0 Å². The Hall–Kier alpha value is -3.16. The van der Waals surface area contributed by atoms with Crippen molar-refractivity contribution in [2.75, 3.05) is 5.32 Å². The van der Waals surface area contributed by atoms with E-state index in [1.165, 1.54) is 18.3 Å². The molecule has 140 valence electrons. The van der Waals surface area contributed by atoms with Crippen LogP contribution in [-0.4, -0.2) is 24.3 Å². The van der Waals surface area contributed by atoms with E-state index in [4.69, 9.17) is 11.6 Å². The Morgan fingerprint density at radius 2 is 1.82 bits per heavy atom. The number of sulfone groups is 1. The maximum atomic E-state index is 13.3. The lowest BCUT2D eigenvalue weighted by Crippen LogP contribution is -2.15. The molecule has 2 heterocycles. The van der Waals surface area contributed by atoms with Crippen molar-refractivity contribution in [3.05, 3.63) is 83.6 Å². The summed E-state index contributed by atoms with van der Waals surface area (Å²) >= 11 is 6.09. The van der Waals surface area contributed by atoms with Crippen LogP contribution >= 0.6 is 11.6 Å². The van der Waals surface area contributed by atoms with Crippen molar-refractivity contribution in [2.24, 2.45) is 0 Å². The second-order valence-electron chi connectivity index (χ2n) is 6.03. The minimum absolute atomic E-state index is 0.0339. The third kappa shape index (κ3) is 3.26. The first-order chi connectivity index (χ1) is 13.5. The van der Waals surface area contributed by atoms with Gasteiger partial charge in [0.15, 0.2) is 0 Å². The van der Waals surface area contributed by atoms with Gasteiger partial charge in [0, 0.05) is 28.3 Å². The zero-order chi connectivity index (χ0) is 19.7. The summed E-state index contributed by atoms with van der Waals surface area (Å²) in [6.45, 7) is 0. The molecule has 8 heteroatoms. The van der Waals surface area contributed by atoms with Crippen LogP contribution in [0.4, 0.5) is 5.82 Å². The fourth-order valence-corrected chi connectivity index (χ4v) is 4.66. The van der Waals surface area contributed by atoms with Crippen molar-refractivity contribution in [2.45, 2.75) is 9.79 Å². The first-order valence-corrected chi connectivity index (χ1v) is 10.2. The molecule has 0 saturated heterocycles. The molecule has 4 rings (SSSR count). The number of aromatic amines is 1. The third-order valence-electron chi connectivity index (χ3n) is 4.20. The highest BCUT2D eigenvalue weighted by atomic mass is 35.5. The summed E-state index contributed by atoms with van der Waals surface area (Å²) in [6.07, 6.45) is 2.95. The zero-order valence-electron chi connectivity index (χ0n) is 14.4. The van der Waals surface area contributed by atoms with Crippen LogP contribution in [0, 0.1) is 0 Å². The quantitative estimate of drug-likeness (QED) is 0.523. The molecular weight excluding hydrogens is 398 g/mol. The van der Waals surface area contributed by atoms with Crippen molar-refractivity contribution in [3.8, 4) is 0 Å². The topological polar surface area (TPSA) is 91.9 Å². The van der Waals surface area contributed by atoms with Crippen molar-refractivity contribution in [1.82, 2.24) is 9.97 Å². The van der Waals surface area contributed by atoms with Crippen LogP contribution in [0.1, 0.15) is 10.4 Å². The Morgan fingerprint density at radius 3 is 2.54 bits per heavy atom. The smallest absolute Gasteiger partial charge is 0.258 e. The molecule has 6 nitrogen and oxygen atoms in total. The number of nitrogens with one attached hydrogen (secondary N) is 2. The average Bonchev–Trinajstić information content (AvgIpc) is 3.07.